The van der Waals surface area contributed by atoms with E-state index in [0.29, 0.717) is 19.3 Å². The van der Waals surface area contributed by atoms with Crippen molar-refractivity contribution in [3.05, 3.63) is 24.3 Å². The van der Waals surface area contributed by atoms with Gasteiger partial charge in [0.15, 0.2) is 11.5 Å². The number of hydrogen-bond donors (Lipinski definition) is 1. The maximum absolute atomic E-state index is 5.80. The molecule has 0 amide bonds. The standard InChI is InChI=1S/C18H31NO2/c1-5-20-17-11-6-7-12-18(17)21-14-13-19-16(4)10-8-9-15(2)3/h6-7,11-12,15-16,19H,5,8-10,13-14H2,1-4H3. The Hall–Kier alpha value is -1.22. The Kier molecular flexibility index (Phi) is 8.91. The highest BCUT2D eigenvalue weighted by atomic mass is 16.5. The lowest BCUT2D eigenvalue weighted by molar-refractivity contribution is 0.271. The summed E-state index contributed by atoms with van der Waals surface area (Å²) in [5.41, 5.74) is 0. The number of benzene rings is 1. The Bertz CT molecular complexity index is 379. The molecule has 0 aliphatic rings. The van der Waals surface area contributed by atoms with Gasteiger partial charge in [0.1, 0.15) is 6.61 Å². The van der Waals surface area contributed by atoms with Crippen LogP contribution in [0.2, 0.25) is 0 Å². The van der Waals surface area contributed by atoms with Crippen molar-refractivity contribution < 1.29 is 9.47 Å². The molecule has 0 aliphatic carbocycles. The fourth-order valence-electron chi connectivity index (χ4n) is 2.24. The highest BCUT2D eigenvalue weighted by molar-refractivity contribution is 5.39. The molecule has 1 atom stereocenters. The average molecular weight is 293 g/mol. The minimum atomic E-state index is 0.550. The van der Waals surface area contributed by atoms with E-state index in [0.717, 1.165) is 24.0 Å². The minimum absolute atomic E-state index is 0.550. The predicted molar refractivity (Wildman–Crippen MR) is 89.3 cm³/mol. The summed E-state index contributed by atoms with van der Waals surface area (Å²) in [6.07, 6.45) is 3.83. The smallest absolute Gasteiger partial charge is 0.161 e. The molecule has 21 heavy (non-hydrogen) atoms. The van der Waals surface area contributed by atoms with E-state index in [9.17, 15) is 0 Å². The van der Waals surface area contributed by atoms with Crippen molar-refractivity contribution in [3.63, 3.8) is 0 Å². The highest BCUT2D eigenvalue weighted by Crippen LogP contribution is 2.26. The van der Waals surface area contributed by atoms with E-state index in [1.165, 1.54) is 19.3 Å². The lowest BCUT2D eigenvalue weighted by atomic mass is 10.0. The van der Waals surface area contributed by atoms with Crippen LogP contribution in [-0.2, 0) is 0 Å². The van der Waals surface area contributed by atoms with Gasteiger partial charge in [0.25, 0.3) is 0 Å². The Labute approximate surface area is 130 Å². The molecule has 1 aromatic rings. The SMILES string of the molecule is CCOc1ccccc1OCCNC(C)CCCC(C)C. The van der Waals surface area contributed by atoms with Crippen molar-refractivity contribution >= 4 is 0 Å². The maximum Gasteiger partial charge on any atom is 0.161 e. The number of rotatable bonds is 11. The van der Waals surface area contributed by atoms with Gasteiger partial charge in [0.05, 0.1) is 6.61 Å². The summed E-state index contributed by atoms with van der Waals surface area (Å²) >= 11 is 0. The number of ether oxygens (including phenoxy) is 2. The summed E-state index contributed by atoms with van der Waals surface area (Å²) < 4.78 is 11.3. The van der Waals surface area contributed by atoms with Crippen LogP contribution in [0, 0.1) is 5.92 Å². The zero-order chi connectivity index (χ0) is 15.5. The summed E-state index contributed by atoms with van der Waals surface area (Å²) in [6.45, 7) is 11.0. The number of hydrogen-bond acceptors (Lipinski definition) is 3. The topological polar surface area (TPSA) is 30.5 Å². The number of para-hydroxylation sites is 2. The lowest BCUT2D eigenvalue weighted by Crippen LogP contribution is -2.30. The molecule has 0 aliphatic heterocycles. The van der Waals surface area contributed by atoms with Crippen LogP contribution in [-0.4, -0.2) is 25.8 Å². The fraction of sp³-hybridized carbons (Fsp3) is 0.667. The molecule has 3 heteroatoms. The van der Waals surface area contributed by atoms with Crippen molar-refractivity contribution in [1.29, 1.82) is 0 Å². The zero-order valence-corrected chi connectivity index (χ0v) is 14.0. The van der Waals surface area contributed by atoms with Crippen LogP contribution in [0.3, 0.4) is 0 Å². The first-order valence-electron chi connectivity index (χ1n) is 8.21. The van der Waals surface area contributed by atoms with E-state index < -0.39 is 0 Å². The minimum Gasteiger partial charge on any atom is -0.490 e. The van der Waals surface area contributed by atoms with Crippen LogP contribution in [0.1, 0.15) is 47.0 Å². The van der Waals surface area contributed by atoms with Gasteiger partial charge in [-0.1, -0.05) is 38.8 Å². The Morgan fingerprint density at radius 1 is 1.00 bits per heavy atom. The molecule has 0 radical (unpaired) electrons. The molecule has 0 fully saturated rings. The van der Waals surface area contributed by atoms with E-state index >= 15 is 0 Å². The van der Waals surface area contributed by atoms with Crippen molar-refractivity contribution in [2.75, 3.05) is 19.8 Å². The molecular weight excluding hydrogens is 262 g/mol. The van der Waals surface area contributed by atoms with E-state index in [4.69, 9.17) is 9.47 Å². The summed E-state index contributed by atoms with van der Waals surface area (Å²) in [4.78, 5) is 0. The molecule has 0 saturated heterocycles. The molecule has 0 saturated carbocycles. The molecule has 0 aromatic heterocycles. The van der Waals surface area contributed by atoms with E-state index in [1.54, 1.807) is 0 Å². The predicted octanol–water partition coefficient (Wildman–Crippen LogP) is 4.27. The van der Waals surface area contributed by atoms with Crippen LogP contribution in [0.5, 0.6) is 11.5 Å². The monoisotopic (exact) mass is 293 g/mol. The van der Waals surface area contributed by atoms with Crippen LogP contribution in [0.15, 0.2) is 24.3 Å². The van der Waals surface area contributed by atoms with E-state index in [2.05, 4.69) is 26.1 Å². The normalized spacial score (nSPS) is 12.4. The van der Waals surface area contributed by atoms with Crippen molar-refractivity contribution in [2.45, 2.75) is 53.0 Å². The Morgan fingerprint density at radius 2 is 1.67 bits per heavy atom. The van der Waals surface area contributed by atoms with Gasteiger partial charge in [0, 0.05) is 12.6 Å². The Balaban J connectivity index is 2.19. The first-order chi connectivity index (χ1) is 10.1. The van der Waals surface area contributed by atoms with Crippen molar-refractivity contribution in [1.82, 2.24) is 5.32 Å². The molecule has 120 valence electrons. The third-order valence-corrected chi connectivity index (χ3v) is 3.42. The molecule has 0 spiro atoms. The highest BCUT2D eigenvalue weighted by Gasteiger charge is 2.05. The van der Waals surface area contributed by atoms with Gasteiger partial charge in [-0.05, 0) is 38.3 Å². The quantitative estimate of drug-likeness (QED) is 0.618. The molecule has 1 aromatic carbocycles. The van der Waals surface area contributed by atoms with E-state index in [1.807, 2.05) is 31.2 Å². The first-order valence-corrected chi connectivity index (χ1v) is 8.21. The number of nitrogens with one attached hydrogen (secondary N) is 1. The van der Waals surface area contributed by atoms with Crippen molar-refractivity contribution in [2.24, 2.45) is 5.92 Å². The molecule has 0 bridgehead atoms. The second kappa shape index (κ2) is 10.5. The van der Waals surface area contributed by atoms with Crippen LogP contribution >= 0.6 is 0 Å². The third-order valence-electron chi connectivity index (χ3n) is 3.42. The second-order valence-corrected chi connectivity index (χ2v) is 5.91. The summed E-state index contributed by atoms with van der Waals surface area (Å²) in [7, 11) is 0. The van der Waals surface area contributed by atoms with Crippen LogP contribution in [0.4, 0.5) is 0 Å². The molecule has 0 heterocycles. The summed E-state index contributed by atoms with van der Waals surface area (Å²) in [5, 5.41) is 3.51. The van der Waals surface area contributed by atoms with Crippen LogP contribution in [0.25, 0.3) is 0 Å². The van der Waals surface area contributed by atoms with Crippen LogP contribution < -0.4 is 14.8 Å². The van der Waals surface area contributed by atoms with Gasteiger partial charge in [-0.3, -0.25) is 0 Å². The molecule has 1 unspecified atom stereocenters. The van der Waals surface area contributed by atoms with Gasteiger partial charge in [-0.15, -0.1) is 0 Å². The first kappa shape index (κ1) is 17.8. The van der Waals surface area contributed by atoms with Crippen molar-refractivity contribution in [3.8, 4) is 11.5 Å². The second-order valence-electron chi connectivity index (χ2n) is 5.91. The average Bonchev–Trinajstić information content (AvgIpc) is 2.45. The van der Waals surface area contributed by atoms with Gasteiger partial charge >= 0.3 is 0 Å². The van der Waals surface area contributed by atoms with Gasteiger partial charge in [-0.25, -0.2) is 0 Å². The van der Waals surface area contributed by atoms with Gasteiger partial charge < -0.3 is 14.8 Å². The third kappa shape index (κ3) is 7.96. The van der Waals surface area contributed by atoms with Gasteiger partial charge in [-0.2, -0.15) is 0 Å². The van der Waals surface area contributed by atoms with E-state index in [-0.39, 0.29) is 0 Å². The summed E-state index contributed by atoms with van der Waals surface area (Å²) in [6, 6.07) is 8.39. The molecule has 1 rings (SSSR count). The fourth-order valence-corrected chi connectivity index (χ4v) is 2.24. The largest absolute Gasteiger partial charge is 0.490 e. The lowest BCUT2D eigenvalue weighted by Gasteiger charge is -2.16. The molecule has 3 nitrogen and oxygen atoms in total. The molecule has 1 N–H and O–H groups in total. The zero-order valence-electron chi connectivity index (χ0n) is 14.0. The maximum atomic E-state index is 5.80. The van der Waals surface area contributed by atoms with Gasteiger partial charge in [0.2, 0.25) is 0 Å². The Morgan fingerprint density at radius 3 is 2.29 bits per heavy atom. The molecular formula is C18H31NO2. The summed E-state index contributed by atoms with van der Waals surface area (Å²) in [5.74, 6) is 2.45.